The largest absolute Gasteiger partial charge is 0.484 e. The number of ether oxygens (including phenoxy) is 2. The first kappa shape index (κ1) is 28.1. The zero-order chi connectivity index (χ0) is 27.5. The number of halogens is 4. The van der Waals surface area contributed by atoms with Gasteiger partial charge in [0.05, 0.1) is 10.0 Å². The summed E-state index contributed by atoms with van der Waals surface area (Å²) in [5, 5.41) is 6.06. The van der Waals surface area contributed by atoms with Crippen LogP contribution in [0.2, 0.25) is 10.0 Å². The second-order valence-corrected chi connectivity index (χ2v) is 10.9. The fourth-order valence-corrected chi connectivity index (χ4v) is 5.78. The minimum Gasteiger partial charge on any atom is -0.484 e. The van der Waals surface area contributed by atoms with Gasteiger partial charge in [-0.1, -0.05) is 23.2 Å². The standard InChI is InChI=1S/C27H28Cl2F2N2O5/c1-16(34)10-17-13-26(32-24(35)14-37-18-2-4-20(28)22(30)11-18)6-8-27(17,9-7-26)33-25(36)15-38-19-3-5-21(29)23(31)12-19/h2-5,11-12,17H,6-10,13-15H2,1H3,(H,32,35)(H,33,36). The third kappa shape index (κ3) is 6.56. The SMILES string of the molecule is CC(=O)CC1CC2(NC(=O)COc3ccc(Cl)c(F)c3)CCC1(NC(=O)COc1ccc(Cl)c(F)c1)CC2. The van der Waals surface area contributed by atoms with Crippen molar-refractivity contribution in [1.29, 1.82) is 0 Å². The zero-order valence-electron chi connectivity index (χ0n) is 20.8. The highest BCUT2D eigenvalue weighted by Crippen LogP contribution is 2.51. The van der Waals surface area contributed by atoms with Crippen LogP contribution in [0.3, 0.4) is 0 Å². The summed E-state index contributed by atoms with van der Waals surface area (Å²) >= 11 is 11.4. The van der Waals surface area contributed by atoms with Crippen molar-refractivity contribution < 1.29 is 32.6 Å². The Balaban J connectivity index is 1.36. The molecule has 1 unspecified atom stereocenters. The lowest BCUT2D eigenvalue weighted by atomic mass is 9.55. The fraction of sp³-hybridized carbons (Fsp3) is 0.444. The van der Waals surface area contributed by atoms with Crippen LogP contribution in [0.1, 0.15) is 45.4 Å². The lowest BCUT2D eigenvalue weighted by molar-refractivity contribution is -0.134. The molecule has 0 spiro atoms. The molecule has 3 saturated carbocycles. The van der Waals surface area contributed by atoms with Crippen LogP contribution in [0.4, 0.5) is 8.78 Å². The van der Waals surface area contributed by atoms with Gasteiger partial charge in [0.1, 0.15) is 28.9 Å². The first-order valence-electron chi connectivity index (χ1n) is 12.3. The molecule has 7 nitrogen and oxygen atoms in total. The van der Waals surface area contributed by atoms with E-state index in [1.807, 2.05) is 0 Å². The molecular formula is C27H28Cl2F2N2O5. The van der Waals surface area contributed by atoms with Gasteiger partial charge in [-0.2, -0.15) is 0 Å². The van der Waals surface area contributed by atoms with E-state index in [4.69, 9.17) is 32.7 Å². The Morgan fingerprint density at radius 1 is 0.868 bits per heavy atom. The number of nitrogens with one attached hydrogen (secondary N) is 2. The number of Topliss-reactive ketones (excluding diaryl/α,β-unsaturated/α-hetero) is 1. The molecule has 2 bridgehead atoms. The third-order valence-corrected chi connectivity index (χ3v) is 7.98. The molecule has 204 valence electrons. The molecule has 0 heterocycles. The van der Waals surface area contributed by atoms with E-state index in [2.05, 4.69) is 10.6 Å². The molecular weight excluding hydrogens is 541 g/mol. The predicted molar refractivity (Wildman–Crippen MR) is 137 cm³/mol. The molecule has 1 atom stereocenters. The summed E-state index contributed by atoms with van der Waals surface area (Å²) in [5.41, 5.74) is -1.14. The Labute approximate surface area is 229 Å². The number of rotatable bonds is 10. The average molecular weight is 569 g/mol. The minimum absolute atomic E-state index is 0.0151. The Kier molecular flexibility index (Phi) is 8.47. The van der Waals surface area contributed by atoms with Crippen molar-refractivity contribution >= 4 is 40.8 Å². The molecule has 0 aromatic heterocycles. The van der Waals surface area contributed by atoms with Crippen LogP contribution in [-0.2, 0) is 14.4 Å². The maximum Gasteiger partial charge on any atom is 0.258 e. The van der Waals surface area contributed by atoms with E-state index in [0.29, 0.717) is 32.1 Å². The quantitative estimate of drug-likeness (QED) is 0.420. The fourth-order valence-electron chi connectivity index (χ4n) is 5.55. The van der Waals surface area contributed by atoms with Crippen molar-refractivity contribution in [1.82, 2.24) is 10.6 Å². The topological polar surface area (TPSA) is 93.7 Å². The van der Waals surface area contributed by atoms with E-state index in [0.717, 1.165) is 12.1 Å². The van der Waals surface area contributed by atoms with Crippen molar-refractivity contribution in [3.63, 3.8) is 0 Å². The predicted octanol–water partition coefficient (Wildman–Crippen LogP) is 5.01. The Morgan fingerprint density at radius 2 is 1.37 bits per heavy atom. The van der Waals surface area contributed by atoms with E-state index < -0.39 is 22.7 Å². The van der Waals surface area contributed by atoms with E-state index in [1.165, 1.54) is 31.2 Å². The highest BCUT2D eigenvalue weighted by atomic mass is 35.5. The number of hydrogen-bond donors (Lipinski definition) is 2. The van der Waals surface area contributed by atoms with Gasteiger partial charge in [-0.05, 0) is 69.2 Å². The van der Waals surface area contributed by atoms with E-state index in [9.17, 15) is 23.2 Å². The number of hydrogen-bond acceptors (Lipinski definition) is 5. The summed E-state index contributed by atoms with van der Waals surface area (Å²) in [6.45, 7) is 0.880. The molecule has 2 amide bonds. The van der Waals surface area contributed by atoms with Crippen LogP contribution in [-0.4, -0.2) is 41.9 Å². The van der Waals surface area contributed by atoms with Crippen LogP contribution >= 0.6 is 23.2 Å². The van der Waals surface area contributed by atoms with Gasteiger partial charge in [-0.25, -0.2) is 8.78 Å². The van der Waals surface area contributed by atoms with Gasteiger partial charge in [0.2, 0.25) is 0 Å². The van der Waals surface area contributed by atoms with E-state index >= 15 is 0 Å². The van der Waals surface area contributed by atoms with Gasteiger partial charge < -0.3 is 24.9 Å². The summed E-state index contributed by atoms with van der Waals surface area (Å²) in [5.74, 6) is -1.86. The molecule has 3 fully saturated rings. The highest BCUT2D eigenvalue weighted by molar-refractivity contribution is 6.31. The molecule has 11 heteroatoms. The van der Waals surface area contributed by atoms with Gasteiger partial charge in [-0.15, -0.1) is 0 Å². The van der Waals surface area contributed by atoms with Crippen molar-refractivity contribution in [2.75, 3.05) is 13.2 Å². The molecule has 0 saturated heterocycles. The summed E-state index contributed by atoms with van der Waals surface area (Å²) in [6.07, 6.45) is 3.10. The monoisotopic (exact) mass is 568 g/mol. The minimum atomic E-state index is -0.645. The molecule has 3 aliphatic rings. The molecule has 2 N–H and O–H groups in total. The smallest absolute Gasteiger partial charge is 0.258 e. The van der Waals surface area contributed by atoms with Crippen molar-refractivity contribution in [2.45, 2.75) is 56.5 Å². The maximum atomic E-state index is 13.7. The summed E-state index contributed by atoms with van der Waals surface area (Å²) in [7, 11) is 0. The van der Waals surface area contributed by atoms with Gasteiger partial charge >= 0.3 is 0 Å². The second-order valence-electron chi connectivity index (χ2n) is 10.1. The number of fused-ring (bicyclic) bond motifs is 3. The molecule has 38 heavy (non-hydrogen) atoms. The van der Waals surface area contributed by atoms with Gasteiger partial charge in [0.25, 0.3) is 11.8 Å². The molecule has 5 rings (SSSR count). The van der Waals surface area contributed by atoms with E-state index in [1.54, 1.807) is 0 Å². The molecule has 0 aliphatic heterocycles. The number of benzene rings is 2. The molecule has 3 aliphatic carbocycles. The van der Waals surface area contributed by atoms with Gasteiger partial charge in [-0.3, -0.25) is 9.59 Å². The Hall–Kier alpha value is -2.91. The normalized spacial score (nSPS) is 24.0. The third-order valence-electron chi connectivity index (χ3n) is 7.37. The summed E-state index contributed by atoms with van der Waals surface area (Å²) < 4.78 is 38.2. The van der Waals surface area contributed by atoms with Crippen LogP contribution < -0.4 is 20.1 Å². The maximum absolute atomic E-state index is 13.7. The first-order chi connectivity index (χ1) is 18.0. The zero-order valence-corrected chi connectivity index (χ0v) is 22.3. The van der Waals surface area contributed by atoms with E-state index in [-0.39, 0.29) is 64.7 Å². The van der Waals surface area contributed by atoms with Crippen molar-refractivity contribution in [3.8, 4) is 11.5 Å². The number of ketones is 1. The average Bonchev–Trinajstić information content (AvgIpc) is 2.86. The van der Waals surface area contributed by atoms with Crippen LogP contribution in [0.15, 0.2) is 36.4 Å². The number of carbonyl (C=O) groups is 3. The second kappa shape index (κ2) is 11.5. The molecule has 2 aromatic rings. The lowest BCUT2D eigenvalue weighted by Gasteiger charge is -2.58. The van der Waals surface area contributed by atoms with Crippen LogP contribution in [0.5, 0.6) is 11.5 Å². The van der Waals surface area contributed by atoms with Crippen LogP contribution in [0, 0.1) is 17.6 Å². The van der Waals surface area contributed by atoms with Gasteiger partial charge in [0, 0.05) is 29.6 Å². The lowest BCUT2D eigenvalue weighted by Crippen LogP contribution is -2.68. The van der Waals surface area contributed by atoms with Crippen molar-refractivity contribution in [2.24, 2.45) is 5.92 Å². The summed E-state index contributed by atoms with van der Waals surface area (Å²) in [4.78, 5) is 37.6. The Bertz CT molecular complexity index is 1230. The van der Waals surface area contributed by atoms with Gasteiger partial charge in [0.15, 0.2) is 13.2 Å². The molecule has 0 radical (unpaired) electrons. The Morgan fingerprint density at radius 3 is 1.84 bits per heavy atom. The van der Waals surface area contributed by atoms with Crippen molar-refractivity contribution in [3.05, 3.63) is 58.1 Å². The van der Waals surface area contributed by atoms with Crippen LogP contribution in [0.25, 0.3) is 0 Å². The summed E-state index contributed by atoms with van der Waals surface area (Å²) in [6, 6.07) is 7.87. The molecule has 2 aromatic carbocycles. The number of carbonyl (C=O) groups excluding carboxylic acids is 3. The first-order valence-corrected chi connectivity index (χ1v) is 13.0. The highest BCUT2D eigenvalue weighted by Gasteiger charge is 2.55. The number of amides is 2.